The van der Waals surface area contributed by atoms with Gasteiger partial charge in [0.15, 0.2) is 10.9 Å². The molecule has 3 aromatic carbocycles. The smallest absolute Gasteiger partial charge is 0.270 e. The van der Waals surface area contributed by atoms with Crippen molar-refractivity contribution in [2.75, 3.05) is 16.8 Å². The number of amides is 2. The minimum Gasteiger partial charge on any atom is -0.484 e. The van der Waals surface area contributed by atoms with Crippen molar-refractivity contribution in [3.63, 3.8) is 0 Å². The standard InChI is InChI=1S/C26H20BrClN2O3S2/c1-15-3-6-18(11-16(15)2)29-24(31)14-33-20-8-4-17(5-9-20)12-23-25(32)30(26(34)35-23)19-7-10-21(27)22(28)13-19/h3-13H,14H2,1-2H3,(H,29,31)/b23-12-. The van der Waals surface area contributed by atoms with Crippen molar-refractivity contribution >= 4 is 85.1 Å². The third kappa shape index (κ3) is 6.13. The SMILES string of the molecule is Cc1ccc(NC(=O)COc2ccc(/C=C3\SC(=S)N(c4ccc(Br)c(Cl)c4)C3=O)cc2)cc1C. The van der Waals surface area contributed by atoms with Crippen molar-refractivity contribution in [2.24, 2.45) is 0 Å². The highest BCUT2D eigenvalue weighted by molar-refractivity contribution is 9.10. The summed E-state index contributed by atoms with van der Waals surface area (Å²) in [7, 11) is 0. The number of carbonyl (C=O) groups is 2. The van der Waals surface area contributed by atoms with Crippen molar-refractivity contribution < 1.29 is 14.3 Å². The number of benzene rings is 3. The van der Waals surface area contributed by atoms with Gasteiger partial charge in [0.1, 0.15) is 5.75 Å². The van der Waals surface area contributed by atoms with Crippen LogP contribution in [0.15, 0.2) is 70.0 Å². The lowest BCUT2D eigenvalue weighted by atomic mass is 10.1. The fourth-order valence-corrected chi connectivity index (χ4v) is 5.01. The zero-order valence-corrected chi connectivity index (χ0v) is 22.8. The van der Waals surface area contributed by atoms with Gasteiger partial charge in [-0.25, -0.2) is 0 Å². The van der Waals surface area contributed by atoms with Crippen LogP contribution in [0.5, 0.6) is 5.75 Å². The number of nitrogens with one attached hydrogen (secondary N) is 1. The Morgan fingerprint density at radius 3 is 2.54 bits per heavy atom. The molecule has 4 rings (SSSR count). The second-order valence-electron chi connectivity index (χ2n) is 7.82. The highest BCUT2D eigenvalue weighted by atomic mass is 79.9. The number of anilines is 2. The van der Waals surface area contributed by atoms with Crippen LogP contribution >= 0.6 is 51.5 Å². The Morgan fingerprint density at radius 1 is 1.11 bits per heavy atom. The first-order valence-electron chi connectivity index (χ1n) is 10.5. The maximum absolute atomic E-state index is 13.0. The van der Waals surface area contributed by atoms with Crippen molar-refractivity contribution in [1.29, 1.82) is 0 Å². The predicted molar refractivity (Wildman–Crippen MR) is 151 cm³/mol. The van der Waals surface area contributed by atoms with Crippen molar-refractivity contribution in [1.82, 2.24) is 0 Å². The monoisotopic (exact) mass is 586 g/mol. The molecule has 0 unspecified atom stereocenters. The topological polar surface area (TPSA) is 58.6 Å². The summed E-state index contributed by atoms with van der Waals surface area (Å²) in [6, 6.07) is 18.2. The molecule has 3 aromatic rings. The minimum absolute atomic E-state index is 0.110. The van der Waals surface area contributed by atoms with E-state index in [9.17, 15) is 9.59 Å². The van der Waals surface area contributed by atoms with Crippen LogP contribution in [-0.4, -0.2) is 22.7 Å². The van der Waals surface area contributed by atoms with Crippen molar-refractivity contribution in [3.8, 4) is 5.75 Å². The fraction of sp³-hybridized carbons (Fsp3) is 0.115. The van der Waals surface area contributed by atoms with Gasteiger partial charge >= 0.3 is 0 Å². The number of thioether (sulfide) groups is 1. The van der Waals surface area contributed by atoms with Crippen LogP contribution in [0, 0.1) is 13.8 Å². The Balaban J connectivity index is 1.37. The lowest BCUT2D eigenvalue weighted by molar-refractivity contribution is -0.118. The van der Waals surface area contributed by atoms with Gasteiger partial charge in [0.2, 0.25) is 0 Å². The average Bonchev–Trinajstić information content (AvgIpc) is 3.10. The van der Waals surface area contributed by atoms with Gasteiger partial charge in [-0.1, -0.05) is 53.8 Å². The first kappa shape index (κ1) is 25.4. The van der Waals surface area contributed by atoms with Gasteiger partial charge in [0.25, 0.3) is 11.8 Å². The summed E-state index contributed by atoms with van der Waals surface area (Å²) in [6.07, 6.45) is 1.77. The largest absolute Gasteiger partial charge is 0.484 e. The third-order valence-electron chi connectivity index (χ3n) is 5.29. The zero-order chi connectivity index (χ0) is 25.1. The molecule has 0 radical (unpaired) electrons. The number of carbonyl (C=O) groups excluding carboxylic acids is 2. The summed E-state index contributed by atoms with van der Waals surface area (Å²) in [5.41, 5.74) is 4.44. The molecule has 0 aromatic heterocycles. The van der Waals surface area contributed by atoms with E-state index in [2.05, 4.69) is 21.2 Å². The van der Waals surface area contributed by atoms with Gasteiger partial charge in [-0.2, -0.15) is 0 Å². The summed E-state index contributed by atoms with van der Waals surface area (Å²) in [5, 5.41) is 3.33. The Labute approximate surface area is 226 Å². The van der Waals surface area contributed by atoms with Crippen LogP contribution in [0.1, 0.15) is 16.7 Å². The number of ether oxygens (including phenoxy) is 1. The molecule has 2 amide bonds. The molecule has 1 aliphatic heterocycles. The molecule has 1 aliphatic rings. The number of nitrogens with zero attached hydrogens (tertiary/aromatic N) is 1. The number of hydrogen-bond donors (Lipinski definition) is 1. The number of thiocarbonyl (C=S) groups is 1. The summed E-state index contributed by atoms with van der Waals surface area (Å²) in [5.74, 6) is 0.102. The molecule has 1 N–H and O–H groups in total. The molecule has 0 bridgehead atoms. The highest BCUT2D eigenvalue weighted by Crippen LogP contribution is 2.38. The van der Waals surface area contributed by atoms with Crippen LogP contribution in [0.2, 0.25) is 5.02 Å². The first-order valence-corrected chi connectivity index (χ1v) is 12.9. The normalized spacial score (nSPS) is 14.5. The van der Waals surface area contributed by atoms with Gasteiger partial charge in [0.05, 0.1) is 15.6 Å². The summed E-state index contributed by atoms with van der Waals surface area (Å²) >= 11 is 16.2. The summed E-state index contributed by atoms with van der Waals surface area (Å²) < 4.78 is 6.79. The Morgan fingerprint density at radius 2 is 1.86 bits per heavy atom. The minimum atomic E-state index is -0.242. The van der Waals surface area contributed by atoms with E-state index >= 15 is 0 Å². The van der Waals surface area contributed by atoms with Crippen LogP contribution in [0.25, 0.3) is 6.08 Å². The molecule has 0 saturated carbocycles. The van der Waals surface area contributed by atoms with Gasteiger partial charge in [-0.05, 0) is 95.0 Å². The lowest BCUT2D eigenvalue weighted by Crippen LogP contribution is -2.27. The fourth-order valence-electron chi connectivity index (χ4n) is 3.29. The molecule has 178 valence electrons. The maximum atomic E-state index is 13.0. The number of hydrogen-bond acceptors (Lipinski definition) is 5. The Hall–Kier alpha value is -2.65. The van der Waals surface area contributed by atoms with Crippen LogP contribution in [-0.2, 0) is 9.59 Å². The average molecular weight is 588 g/mol. The Bertz CT molecular complexity index is 1360. The molecule has 35 heavy (non-hydrogen) atoms. The van der Waals surface area contributed by atoms with E-state index < -0.39 is 0 Å². The van der Waals surface area contributed by atoms with Gasteiger partial charge in [-0.15, -0.1) is 0 Å². The van der Waals surface area contributed by atoms with E-state index in [-0.39, 0.29) is 18.4 Å². The molecule has 9 heteroatoms. The lowest BCUT2D eigenvalue weighted by Gasteiger charge is -2.15. The molecular weight excluding hydrogens is 568 g/mol. The highest BCUT2D eigenvalue weighted by Gasteiger charge is 2.33. The van der Waals surface area contributed by atoms with Gasteiger partial charge < -0.3 is 10.1 Å². The first-order chi connectivity index (χ1) is 16.7. The summed E-state index contributed by atoms with van der Waals surface area (Å²) in [6.45, 7) is 3.91. The van der Waals surface area contributed by atoms with E-state index in [1.54, 1.807) is 36.4 Å². The number of halogens is 2. The van der Waals surface area contributed by atoms with Gasteiger partial charge in [-0.3, -0.25) is 14.5 Å². The van der Waals surface area contributed by atoms with E-state index in [0.717, 1.165) is 21.3 Å². The molecule has 5 nitrogen and oxygen atoms in total. The van der Waals surface area contributed by atoms with Crippen LogP contribution in [0.4, 0.5) is 11.4 Å². The molecule has 1 heterocycles. The van der Waals surface area contributed by atoms with Gasteiger partial charge in [0, 0.05) is 10.2 Å². The van der Waals surface area contributed by atoms with E-state index in [4.69, 9.17) is 28.6 Å². The number of aryl methyl sites for hydroxylation is 2. The van der Waals surface area contributed by atoms with E-state index in [0.29, 0.717) is 25.7 Å². The molecule has 1 fully saturated rings. The maximum Gasteiger partial charge on any atom is 0.270 e. The zero-order valence-electron chi connectivity index (χ0n) is 18.8. The third-order valence-corrected chi connectivity index (χ3v) is 7.83. The molecule has 1 saturated heterocycles. The quantitative estimate of drug-likeness (QED) is 0.245. The second kappa shape index (κ2) is 11.0. The van der Waals surface area contributed by atoms with Crippen molar-refractivity contribution in [3.05, 3.63) is 91.8 Å². The van der Waals surface area contributed by atoms with Crippen LogP contribution in [0.3, 0.4) is 0 Å². The predicted octanol–water partition coefficient (Wildman–Crippen LogP) is 7.14. The molecule has 0 spiro atoms. The van der Waals surface area contributed by atoms with E-state index in [1.807, 2.05) is 44.2 Å². The van der Waals surface area contributed by atoms with E-state index in [1.165, 1.54) is 22.2 Å². The molecule has 0 aliphatic carbocycles. The number of rotatable bonds is 6. The summed E-state index contributed by atoms with van der Waals surface area (Å²) in [4.78, 5) is 27.2. The Kier molecular flexibility index (Phi) is 7.96. The molecule has 0 atom stereocenters. The van der Waals surface area contributed by atoms with Crippen LogP contribution < -0.4 is 15.0 Å². The second-order valence-corrected chi connectivity index (χ2v) is 10.8. The van der Waals surface area contributed by atoms with Crippen molar-refractivity contribution in [2.45, 2.75) is 13.8 Å². The molecular formula is C26H20BrClN2O3S2.